The van der Waals surface area contributed by atoms with Crippen molar-refractivity contribution in [2.24, 2.45) is 5.92 Å². The number of carboxylic acids is 1. The lowest BCUT2D eigenvalue weighted by Gasteiger charge is -2.30. The first-order valence-corrected chi connectivity index (χ1v) is 13.1. The lowest BCUT2D eigenvalue weighted by Crippen LogP contribution is -2.29. The van der Waals surface area contributed by atoms with Gasteiger partial charge in [-0.1, -0.05) is 25.3 Å². The first-order valence-electron chi connectivity index (χ1n) is 13.1. The summed E-state index contributed by atoms with van der Waals surface area (Å²) < 4.78 is 12.0. The van der Waals surface area contributed by atoms with Gasteiger partial charge in [0.05, 0.1) is 12.2 Å². The topological polar surface area (TPSA) is 80.7 Å². The summed E-state index contributed by atoms with van der Waals surface area (Å²) in [6.45, 7) is 11.2. The number of fused-ring (bicyclic) bond motifs is 1. The standard InChI is InChI=1S/C29H40N2O4/c1-18-24(26(28(32)33)35-29(3,4)5)25(22-13-14-23-21(16-22)12-9-15-34-23)19(2)31-27(18)30-17-20-10-7-6-8-11-20/h13-14,16,20,26H,6-12,15,17H2,1-5H3,(H,30,31)(H,32,33). The molecule has 1 aromatic heterocycles. The monoisotopic (exact) mass is 480 g/mol. The third kappa shape index (κ3) is 5.97. The highest BCUT2D eigenvalue weighted by molar-refractivity contribution is 5.83. The van der Waals surface area contributed by atoms with Crippen molar-refractivity contribution in [1.29, 1.82) is 0 Å². The van der Waals surface area contributed by atoms with Crippen LogP contribution in [0.1, 0.15) is 87.8 Å². The quantitative estimate of drug-likeness (QED) is 0.463. The van der Waals surface area contributed by atoms with Crippen LogP contribution in [0, 0.1) is 19.8 Å². The van der Waals surface area contributed by atoms with Crippen molar-refractivity contribution >= 4 is 11.8 Å². The molecule has 6 heteroatoms. The van der Waals surface area contributed by atoms with Crippen molar-refractivity contribution in [3.05, 3.63) is 40.6 Å². The van der Waals surface area contributed by atoms with E-state index in [-0.39, 0.29) is 0 Å². The Labute approximate surface area is 209 Å². The second kappa shape index (κ2) is 10.6. The van der Waals surface area contributed by atoms with Crippen LogP contribution in [0.4, 0.5) is 5.82 Å². The summed E-state index contributed by atoms with van der Waals surface area (Å²) in [5.74, 6) is 1.32. The van der Waals surface area contributed by atoms with E-state index in [9.17, 15) is 9.90 Å². The molecule has 0 amide bonds. The van der Waals surface area contributed by atoms with Gasteiger partial charge in [-0.3, -0.25) is 0 Å². The molecule has 35 heavy (non-hydrogen) atoms. The van der Waals surface area contributed by atoms with Gasteiger partial charge in [-0.2, -0.15) is 0 Å². The highest BCUT2D eigenvalue weighted by Crippen LogP contribution is 2.41. The molecule has 1 atom stereocenters. The Morgan fingerprint density at radius 1 is 1.20 bits per heavy atom. The number of benzene rings is 1. The number of carboxylic acid groups (broad SMARTS) is 1. The number of hydrogen-bond donors (Lipinski definition) is 2. The van der Waals surface area contributed by atoms with Gasteiger partial charge in [-0.15, -0.1) is 0 Å². The number of hydrogen-bond acceptors (Lipinski definition) is 5. The number of aliphatic carboxylic acids is 1. The summed E-state index contributed by atoms with van der Waals surface area (Å²) in [6.07, 6.45) is 7.18. The minimum absolute atomic E-state index is 0.622. The predicted octanol–water partition coefficient (Wildman–Crippen LogP) is 6.62. The zero-order chi connectivity index (χ0) is 25.2. The molecule has 2 aliphatic rings. The lowest BCUT2D eigenvalue weighted by atomic mass is 9.88. The highest BCUT2D eigenvalue weighted by atomic mass is 16.5. The van der Waals surface area contributed by atoms with Gasteiger partial charge in [0, 0.05) is 23.4 Å². The predicted molar refractivity (Wildman–Crippen MR) is 139 cm³/mol. The summed E-state index contributed by atoms with van der Waals surface area (Å²) >= 11 is 0. The molecule has 0 saturated heterocycles. The first kappa shape index (κ1) is 25.5. The van der Waals surface area contributed by atoms with E-state index in [0.717, 1.165) is 65.5 Å². The Hall–Kier alpha value is -2.60. The molecule has 0 radical (unpaired) electrons. The van der Waals surface area contributed by atoms with Gasteiger partial charge in [0.15, 0.2) is 6.10 Å². The van der Waals surface area contributed by atoms with Crippen molar-refractivity contribution in [1.82, 2.24) is 4.98 Å². The molecule has 4 rings (SSSR count). The van der Waals surface area contributed by atoms with Crippen LogP contribution in [0.25, 0.3) is 11.1 Å². The van der Waals surface area contributed by atoms with Crippen LogP contribution in [0.15, 0.2) is 18.2 Å². The number of nitrogens with zero attached hydrogens (tertiary/aromatic N) is 1. The van der Waals surface area contributed by atoms with E-state index in [4.69, 9.17) is 14.5 Å². The summed E-state index contributed by atoms with van der Waals surface area (Å²) in [6, 6.07) is 6.15. The van der Waals surface area contributed by atoms with Gasteiger partial charge in [0.25, 0.3) is 0 Å². The second-order valence-electron chi connectivity index (χ2n) is 11.1. The molecule has 1 aliphatic carbocycles. The average molecular weight is 481 g/mol. The molecule has 190 valence electrons. The maximum Gasteiger partial charge on any atom is 0.337 e. The number of rotatable bonds is 7. The smallest absolute Gasteiger partial charge is 0.337 e. The maximum absolute atomic E-state index is 12.6. The average Bonchev–Trinajstić information content (AvgIpc) is 2.82. The van der Waals surface area contributed by atoms with Crippen LogP contribution >= 0.6 is 0 Å². The van der Waals surface area contributed by atoms with Gasteiger partial charge >= 0.3 is 5.97 Å². The van der Waals surface area contributed by atoms with Crippen LogP contribution in [0.3, 0.4) is 0 Å². The minimum Gasteiger partial charge on any atom is -0.493 e. The van der Waals surface area contributed by atoms with Crippen LogP contribution in [-0.2, 0) is 16.0 Å². The minimum atomic E-state index is -1.10. The fourth-order valence-electron chi connectivity index (χ4n) is 5.42. The van der Waals surface area contributed by atoms with E-state index in [1.807, 2.05) is 46.8 Å². The Kier molecular flexibility index (Phi) is 7.70. The molecule has 2 heterocycles. The van der Waals surface area contributed by atoms with Gasteiger partial charge in [-0.05, 0) is 95.0 Å². The highest BCUT2D eigenvalue weighted by Gasteiger charge is 2.33. The Morgan fingerprint density at radius 2 is 1.94 bits per heavy atom. The SMILES string of the molecule is Cc1nc(NCC2CCCCC2)c(C)c(C(OC(C)(C)C)C(=O)O)c1-c1ccc2c(c1)CCCO2. The van der Waals surface area contributed by atoms with E-state index < -0.39 is 17.7 Å². The Balaban J connectivity index is 1.81. The number of nitrogens with one attached hydrogen (secondary N) is 1. The van der Waals surface area contributed by atoms with E-state index in [1.165, 1.54) is 32.1 Å². The van der Waals surface area contributed by atoms with Gasteiger partial charge in [-0.25, -0.2) is 9.78 Å². The summed E-state index contributed by atoms with van der Waals surface area (Å²) in [5.41, 5.74) is 4.66. The number of pyridine rings is 1. The first-order chi connectivity index (χ1) is 16.6. The number of anilines is 1. The van der Waals surface area contributed by atoms with Crippen molar-refractivity contribution in [2.75, 3.05) is 18.5 Å². The maximum atomic E-state index is 12.6. The zero-order valence-corrected chi connectivity index (χ0v) is 21.9. The lowest BCUT2D eigenvalue weighted by molar-refractivity contribution is -0.160. The van der Waals surface area contributed by atoms with Crippen LogP contribution in [0.5, 0.6) is 5.75 Å². The fourth-order valence-corrected chi connectivity index (χ4v) is 5.42. The summed E-state index contributed by atoms with van der Waals surface area (Å²) in [5, 5.41) is 13.9. The van der Waals surface area contributed by atoms with Crippen molar-refractivity contribution < 1.29 is 19.4 Å². The number of aryl methyl sites for hydroxylation is 2. The molecular weight excluding hydrogens is 440 g/mol. The Bertz CT molecular complexity index is 1070. The number of carbonyl (C=O) groups is 1. The van der Waals surface area contributed by atoms with Crippen LogP contribution in [-0.4, -0.2) is 34.8 Å². The molecule has 1 unspecified atom stereocenters. The zero-order valence-electron chi connectivity index (χ0n) is 21.9. The third-order valence-corrected chi connectivity index (χ3v) is 7.11. The number of ether oxygens (including phenoxy) is 2. The molecule has 2 N–H and O–H groups in total. The largest absolute Gasteiger partial charge is 0.493 e. The summed E-state index contributed by atoms with van der Waals surface area (Å²) in [7, 11) is 0. The fraction of sp³-hybridized carbons (Fsp3) is 0.586. The molecule has 0 spiro atoms. The molecule has 2 aromatic rings. The van der Waals surface area contributed by atoms with Gasteiger partial charge in [0.1, 0.15) is 11.6 Å². The molecular formula is C29H40N2O4. The van der Waals surface area contributed by atoms with Crippen LogP contribution in [0.2, 0.25) is 0 Å². The molecule has 1 aliphatic heterocycles. The van der Waals surface area contributed by atoms with Gasteiger partial charge < -0.3 is 19.9 Å². The third-order valence-electron chi connectivity index (χ3n) is 7.11. The van der Waals surface area contributed by atoms with E-state index in [0.29, 0.717) is 11.5 Å². The molecule has 0 bridgehead atoms. The molecule has 1 saturated carbocycles. The molecule has 1 fully saturated rings. The normalized spacial score (nSPS) is 17.4. The van der Waals surface area contributed by atoms with Crippen molar-refractivity contribution in [3.63, 3.8) is 0 Å². The van der Waals surface area contributed by atoms with Crippen LogP contribution < -0.4 is 10.1 Å². The van der Waals surface area contributed by atoms with E-state index >= 15 is 0 Å². The van der Waals surface area contributed by atoms with E-state index in [2.05, 4.69) is 11.4 Å². The molecule has 6 nitrogen and oxygen atoms in total. The van der Waals surface area contributed by atoms with Gasteiger partial charge in [0.2, 0.25) is 0 Å². The second-order valence-corrected chi connectivity index (χ2v) is 11.1. The molecule has 1 aromatic carbocycles. The summed E-state index contributed by atoms with van der Waals surface area (Å²) in [4.78, 5) is 17.5. The van der Waals surface area contributed by atoms with E-state index in [1.54, 1.807) is 0 Å². The van der Waals surface area contributed by atoms with Crippen molar-refractivity contribution in [2.45, 2.75) is 91.3 Å². The number of aromatic nitrogens is 1. The Morgan fingerprint density at radius 3 is 2.63 bits per heavy atom. The van der Waals surface area contributed by atoms with Crippen molar-refractivity contribution in [3.8, 4) is 16.9 Å².